The average molecular weight is 225 g/mol. The Morgan fingerprint density at radius 1 is 1.20 bits per heavy atom. The van der Waals surface area contributed by atoms with Crippen LogP contribution in [0.1, 0.15) is 36.5 Å². The molecule has 0 bridgehead atoms. The normalized spacial score (nSPS) is 10.0. The third kappa shape index (κ3) is 3.84. The number of rotatable bonds is 5. The zero-order chi connectivity index (χ0) is 11.3. The van der Waals surface area contributed by atoms with Crippen molar-refractivity contribution in [1.29, 1.82) is 0 Å². The van der Waals surface area contributed by atoms with Crippen LogP contribution >= 0.6 is 11.6 Å². The predicted octanol–water partition coefficient (Wildman–Crippen LogP) is 3.28. The van der Waals surface area contributed by atoms with Crippen LogP contribution in [0.5, 0.6) is 0 Å². The maximum atomic E-state index is 11.6. The van der Waals surface area contributed by atoms with Crippen LogP contribution in [0.2, 0.25) is 5.02 Å². The minimum absolute atomic E-state index is 0.00236. The first-order chi connectivity index (χ1) is 7.13. The highest BCUT2D eigenvalue weighted by atomic mass is 35.5. The predicted molar refractivity (Wildman–Crippen MR) is 60.3 cm³/mol. The molecule has 0 spiro atoms. The van der Waals surface area contributed by atoms with E-state index in [1.54, 1.807) is 24.3 Å². The van der Waals surface area contributed by atoms with Gasteiger partial charge in [-0.1, -0.05) is 18.5 Å². The van der Waals surface area contributed by atoms with Crippen LogP contribution in [-0.2, 0) is 4.79 Å². The summed E-state index contributed by atoms with van der Waals surface area (Å²) < 4.78 is 0. The van der Waals surface area contributed by atoms with E-state index in [0.717, 1.165) is 6.42 Å². The van der Waals surface area contributed by atoms with Gasteiger partial charge in [-0.05, 0) is 30.7 Å². The van der Waals surface area contributed by atoms with Crippen molar-refractivity contribution >= 4 is 23.2 Å². The number of benzene rings is 1. The van der Waals surface area contributed by atoms with Crippen molar-refractivity contribution in [3.8, 4) is 0 Å². The van der Waals surface area contributed by atoms with Gasteiger partial charge in [-0.3, -0.25) is 9.59 Å². The number of Topliss-reactive ketones (excluding diaryl/α,β-unsaturated/α-hetero) is 2. The summed E-state index contributed by atoms with van der Waals surface area (Å²) in [5, 5.41) is 0.589. The van der Waals surface area contributed by atoms with Gasteiger partial charge in [0.1, 0.15) is 5.78 Å². The Morgan fingerprint density at radius 2 is 1.80 bits per heavy atom. The van der Waals surface area contributed by atoms with Crippen molar-refractivity contribution in [3.63, 3.8) is 0 Å². The molecule has 0 heterocycles. The van der Waals surface area contributed by atoms with Crippen LogP contribution in [0.3, 0.4) is 0 Å². The molecule has 2 nitrogen and oxygen atoms in total. The first-order valence-electron chi connectivity index (χ1n) is 4.94. The van der Waals surface area contributed by atoms with Crippen LogP contribution < -0.4 is 0 Å². The SMILES string of the molecule is CCCC(=O)CC(=O)c1ccc(Cl)cc1. The molecule has 0 unspecified atom stereocenters. The third-order valence-electron chi connectivity index (χ3n) is 2.05. The molecule has 0 aliphatic carbocycles. The third-order valence-corrected chi connectivity index (χ3v) is 2.30. The minimum Gasteiger partial charge on any atom is -0.299 e. The lowest BCUT2D eigenvalue weighted by atomic mass is 10.0. The summed E-state index contributed by atoms with van der Waals surface area (Å²) in [6, 6.07) is 6.59. The van der Waals surface area contributed by atoms with Crippen molar-refractivity contribution in [2.24, 2.45) is 0 Å². The van der Waals surface area contributed by atoms with Gasteiger partial charge in [-0.15, -0.1) is 0 Å². The number of halogens is 1. The highest BCUT2D eigenvalue weighted by Crippen LogP contribution is 2.11. The molecule has 0 aliphatic heterocycles. The van der Waals surface area contributed by atoms with E-state index in [9.17, 15) is 9.59 Å². The fourth-order valence-electron chi connectivity index (χ4n) is 1.28. The van der Waals surface area contributed by atoms with Crippen molar-refractivity contribution in [3.05, 3.63) is 34.9 Å². The Morgan fingerprint density at radius 3 is 2.33 bits per heavy atom. The molecular weight excluding hydrogens is 212 g/mol. The maximum Gasteiger partial charge on any atom is 0.170 e. The van der Waals surface area contributed by atoms with Crippen LogP contribution in [0.4, 0.5) is 0 Å². The van der Waals surface area contributed by atoms with Crippen molar-refractivity contribution in [2.75, 3.05) is 0 Å². The van der Waals surface area contributed by atoms with Gasteiger partial charge in [-0.2, -0.15) is 0 Å². The van der Waals surface area contributed by atoms with Gasteiger partial charge >= 0.3 is 0 Å². The van der Waals surface area contributed by atoms with Crippen molar-refractivity contribution in [1.82, 2.24) is 0 Å². The number of carbonyl (C=O) groups excluding carboxylic acids is 2. The molecule has 0 amide bonds. The lowest BCUT2D eigenvalue weighted by Gasteiger charge is -2.00. The lowest BCUT2D eigenvalue weighted by Crippen LogP contribution is -2.07. The summed E-state index contributed by atoms with van der Waals surface area (Å²) in [6.45, 7) is 1.92. The molecule has 15 heavy (non-hydrogen) atoms. The van der Waals surface area contributed by atoms with Crippen LogP contribution in [0.15, 0.2) is 24.3 Å². The standard InChI is InChI=1S/C12H13ClO2/c1-2-3-11(14)8-12(15)9-4-6-10(13)7-5-9/h4-7H,2-3,8H2,1H3. The molecule has 0 fully saturated rings. The number of ketones is 2. The Kier molecular flexibility index (Phi) is 4.50. The van der Waals surface area contributed by atoms with Crippen LogP contribution in [0.25, 0.3) is 0 Å². The van der Waals surface area contributed by atoms with Gasteiger partial charge in [0.15, 0.2) is 5.78 Å². The molecule has 1 aromatic rings. The van der Waals surface area contributed by atoms with E-state index in [1.165, 1.54) is 0 Å². The van der Waals surface area contributed by atoms with Gasteiger partial charge < -0.3 is 0 Å². The molecule has 0 radical (unpaired) electrons. The van der Waals surface area contributed by atoms with E-state index in [2.05, 4.69) is 0 Å². The molecule has 1 aromatic carbocycles. The Labute approximate surface area is 94.2 Å². The number of hydrogen-bond acceptors (Lipinski definition) is 2. The fraction of sp³-hybridized carbons (Fsp3) is 0.333. The van der Waals surface area contributed by atoms with E-state index in [4.69, 9.17) is 11.6 Å². The molecule has 1 rings (SSSR count). The van der Waals surface area contributed by atoms with Gasteiger partial charge in [0.05, 0.1) is 6.42 Å². The molecule has 0 atom stereocenters. The van der Waals surface area contributed by atoms with Crippen LogP contribution in [-0.4, -0.2) is 11.6 Å². The van der Waals surface area contributed by atoms with Gasteiger partial charge in [0.2, 0.25) is 0 Å². The Hall–Kier alpha value is -1.15. The molecule has 0 saturated carbocycles. The van der Waals surface area contributed by atoms with E-state index in [0.29, 0.717) is 17.0 Å². The quantitative estimate of drug-likeness (QED) is 0.568. The van der Waals surface area contributed by atoms with Crippen LogP contribution in [0, 0.1) is 0 Å². The number of hydrogen-bond donors (Lipinski definition) is 0. The zero-order valence-corrected chi connectivity index (χ0v) is 9.38. The highest BCUT2D eigenvalue weighted by molar-refractivity contribution is 6.30. The Balaban J connectivity index is 2.61. The van der Waals surface area contributed by atoms with Gasteiger partial charge in [-0.25, -0.2) is 0 Å². The molecule has 3 heteroatoms. The number of carbonyl (C=O) groups is 2. The topological polar surface area (TPSA) is 34.1 Å². The fourth-order valence-corrected chi connectivity index (χ4v) is 1.41. The zero-order valence-electron chi connectivity index (χ0n) is 8.63. The lowest BCUT2D eigenvalue weighted by molar-refractivity contribution is -0.118. The van der Waals surface area contributed by atoms with Gasteiger partial charge in [0, 0.05) is 17.0 Å². The summed E-state index contributed by atoms with van der Waals surface area (Å²) in [4.78, 5) is 22.8. The summed E-state index contributed by atoms with van der Waals surface area (Å²) >= 11 is 5.69. The second kappa shape index (κ2) is 5.66. The maximum absolute atomic E-state index is 11.6. The van der Waals surface area contributed by atoms with Crippen molar-refractivity contribution in [2.45, 2.75) is 26.2 Å². The minimum atomic E-state index is -0.134. The molecule has 0 aliphatic rings. The molecule has 80 valence electrons. The first kappa shape index (κ1) is 11.9. The first-order valence-corrected chi connectivity index (χ1v) is 5.31. The largest absolute Gasteiger partial charge is 0.299 e. The van der Waals surface area contributed by atoms with E-state index < -0.39 is 0 Å². The van der Waals surface area contributed by atoms with Gasteiger partial charge in [0.25, 0.3) is 0 Å². The summed E-state index contributed by atoms with van der Waals surface area (Å²) in [5.74, 6) is -0.137. The van der Waals surface area contributed by atoms with Crippen molar-refractivity contribution < 1.29 is 9.59 Å². The Bertz CT molecular complexity index is 354. The van der Waals surface area contributed by atoms with E-state index in [-0.39, 0.29) is 18.0 Å². The monoisotopic (exact) mass is 224 g/mol. The molecular formula is C12H13ClO2. The second-order valence-corrected chi connectivity index (χ2v) is 3.83. The second-order valence-electron chi connectivity index (χ2n) is 3.40. The smallest absolute Gasteiger partial charge is 0.170 e. The average Bonchev–Trinajstić information content (AvgIpc) is 2.18. The molecule has 0 N–H and O–H groups in total. The summed E-state index contributed by atoms with van der Waals surface area (Å²) in [5.41, 5.74) is 0.545. The molecule has 0 saturated heterocycles. The van der Waals surface area contributed by atoms with E-state index in [1.807, 2.05) is 6.92 Å². The summed E-state index contributed by atoms with van der Waals surface area (Å²) in [7, 11) is 0. The molecule has 0 aromatic heterocycles. The van der Waals surface area contributed by atoms with E-state index >= 15 is 0 Å². The summed E-state index contributed by atoms with van der Waals surface area (Å²) in [6.07, 6.45) is 1.25. The highest BCUT2D eigenvalue weighted by Gasteiger charge is 2.10.